The van der Waals surface area contributed by atoms with Gasteiger partial charge in [-0.05, 0) is 11.6 Å². The Morgan fingerprint density at radius 3 is 2.82 bits per heavy atom. The van der Waals surface area contributed by atoms with Crippen molar-refractivity contribution in [3.05, 3.63) is 81.7 Å². The molecule has 4 nitrogen and oxygen atoms in total. The van der Waals surface area contributed by atoms with Crippen LogP contribution in [-0.4, -0.2) is 22.3 Å². The van der Waals surface area contributed by atoms with E-state index in [0.29, 0.717) is 5.13 Å². The Labute approximate surface area is 171 Å². The molecule has 0 aliphatic carbocycles. The van der Waals surface area contributed by atoms with Gasteiger partial charge in [0.2, 0.25) is 0 Å². The Hall–Kier alpha value is -2.54. The van der Waals surface area contributed by atoms with Crippen molar-refractivity contribution in [3.63, 3.8) is 0 Å². The number of hydrogen-bond donors (Lipinski definition) is 1. The van der Waals surface area contributed by atoms with Crippen LogP contribution in [0, 0.1) is 0 Å². The van der Waals surface area contributed by atoms with E-state index in [1.165, 1.54) is 10.4 Å². The number of benzene rings is 2. The second kappa shape index (κ2) is 7.47. The number of carbonyl (C=O) groups excluding carboxylic acids is 1. The predicted molar refractivity (Wildman–Crippen MR) is 116 cm³/mol. The number of nitrogens with one attached hydrogen (secondary N) is 1. The fourth-order valence-electron chi connectivity index (χ4n) is 3.60. The summed E-state index contributed by atoms with van der Waals surface area (Å²) in [5.74, 6) is -0.0790. The van der Waals surface area contributed by atoms with Gasteiger partial charge < -0.3 is 0 Å². The average molecular weight is 406 g/mol. The lowest BCUT2D eigenvalue weighted by atomic mass is 10.1. The van der Waals surface area contributed by atoms with Gasteiger partial charge >= 0.3 is 0 Å². The summed E-state index contributed by atoms with van der Waals surface area (Å²) in [6.45, 7) is 2.83. The van der Waals surface area contributed by atoms with Crippen LogP contribution in [0.2, 0.25) is 0 Å². The second-order valence-electron chi connectivity index (χ2n) is 6.93. The molecule has 2 aromatic heterocycles. The highest BCUT2D eigenvalue weighted by molar-refractivity contribution is 7.17. The van der Waals surface area contributed by atoms with Crippen LogP contribution in [0.1, 0.15) is 26.5 Å². The summed E-state index contributed by atoms with van der Waals surface area (Å²) in [6.07, 6.45) is 0.927. The number of thiazole rings is 1. The fraction of sp³-hybridized carbons (Fsp3) is 0.182. The lowest BCUT2D eigenvalue weighted by molar-refractivity contribution is 0.102. The number of anilines is 1. The summed E-state index contributed by atoms with van der Waals surface area (Å²) in [5, 5.41) is 6.64. The normalized spacial score (nSPS) is 14.1. The quantitative estimate of drug-likeness (QED) is 0.510. The van der Waals surface area contributed by atoms with Crippen LogP contribution >= 0.6 is 22.7 Å². The van der Waals surface area contributed by atoms with Crippen molar-refractivity contribution in [1.82, 2.24) is 9.88 Å². The number of amides is 1. The topological polar surface area (TPSA) is 45.2 Å². The van der Waals surface area contributed by atoms with Crippen molar-refractivity contribution in [2.45, 2.75) is 19.5 Å². The van der Waals surface area contributed by atoms with E-state index in [9.17, 15) is 4.79 Å². The Bertz CT molecular complexity index is 1130. The van der Waals surface area contributed by atoms with Crippen LogP contribution in [0.15, 0.2) is 60.0 Å². The summed E-state index contributed by atoms with van der Waals surface area (Å²) in [5.41, 5.74) is 3.17. The lowest BCUT2D eigenvalue weighted by Crippen LogP contribution is -2.29. The van der Waals surface area contributed by atoms with Gasteiger partial charge in [0.05, 0.1) is 11.3 Å². The van der Waals surface area contributed by atoms with Crippen molar-refractivity contribution in [2.75, 3.05) is 11.9 Å². The van der Waals surface area contributed by atoms with Crippen molar-refractivity contribution >= 4 is 43.8 Å². The van der Waals surface area contributed by atoms with Gasteiger partial charge in [0, 0.05) is 46.4 Å². The smallest absolute Gasteiger partial charge is 0.258 e. The molecule has 0 saturated heterocycles. The molecule has 0 unspecified atom stereocenters. The third-order valence-electron chi connectivity index (χ3n) is 5.01. The van der Waals surface area contributed by atoms with E-state index in [4.69, 9.17) is 0 Å². The van der Waals surface area contributed by atoms with Crippen molar-refractivity contribution in [3.8, 4) is 0 Å². The maximum absolute atomic E-state index is 12.8. The molecule has 28 heavy (non-hydrogen) atoms. The van der Waals surface area contributed by atoms with Crippen LogP contribution in [0.4, 0.5) is 5.13 Å². The largest absolute Gasteiger partial charge is 0.298 e. The van der Waals surface area contributed by atoms with Crippen LogP contribution in [0.25, 0.3) is 10.1 Å². The molecule has 1 amide bonds. The van der Waals surface area contributed by atoms with Gasteiger partial charge in [-0.15, -0.1) is 22.7 Å². The minimum atomic E-state index is -0.0790. The highest BCUT2D eigenvalue weighted by atomic mass is 32.1. The number of aromatic nitrogens is 1. The molecule has 6 heteroatoms. The van der Waals surface area contributed by atoms with Crippen LogP contribution in [-0.2, 0) is 19.5 Å². The molecule has 140 valence electrons. The van der Waals surface area contributed by atoms with Gasteiger partial charge in [-0.25, -0.2) is 4.98 Å². The van der Waals surface area contributed by atoms with Crippen LogP contribution in [0.5, 0.6) is 0 Å². The third-order valence-corrected chi connectivity index (χ3v) is 6.97. The van der Waals surface area contributed by atoms with Gasteiger partial charge in [-0.2, -0.15) is 0 Å². The van der Waals surface area contributed by atoms with Crippen LogP contribution in [0.3, 0.4) is 0 Å². The zero-order valence-corrected chi connectivity index (χ0v) is 16.9. The van der Waals surface area contributed by atoms with Gasteiger partial charge in [0.25, 0.3) is 5.91 Å². The van der Waals surface area contributed by atoms with E-state index in [1.54, 1.807) is 22.7 Å². The van der Waals surface area contributed by atoms with Gasteiger partial charge in [-0.1, -0.05) is 48.5 Å². The van der Waals surface area contributed by atoms with Gasteiger partial charge in [0.15, 0.2) is 5.13 Å². The Balaban J connectivity index is 1.30. The zero-order valence-electron chi connectivity index (χ0n) is 15.2. The summed E-state index contributed by atoms with van der Waals surface area (Å²) in [7, 11) is 0. The first-order chi connectivity index (χ1) is 13.8. The lowest BCUT2D eigenvalue weighted by Gasteiger charge is -2.25. The first-order valence-corrected chi connectivity index (χ1v) is 11.0. The van der Waals surface area contributed by atoms with Gasteiger partial charge in [0.1, 0.15) is 0 Å². The zero-order chi connectivity index (χ0) is 18.9. The van der Waals surface area contributed by atoms with Crippen molar-refractivity contribution in [2.24, 2.45) is 0 Å². The molecular weight excluding hydrogens is 386 g/mol. The molecule has 0 spiro atoms. The third kappa shape index (κ3) is 3.46. The van der Waals surface area contributed by atoms with E-state index in [0.717, 1.165) is 47.4 Å². The van der Waals surface area contributed by atoms with E-state index in [1.807, 2.05) is 35.7 Å². The monoisotopic (exact) mass is 405 g/mol. The van der Waals surface area contributed by atoms with E-state index in [-0.39, 0.29) is 5.91 Å². The Kier molecular flexibility index (Phi) is 4.68. The number of rotatable bonds is 4. The van der Waals surface area contributed by atoms with E-state index >= 15 is 0 Å². The maximum Gasteiger partial charge on any atom is 0.258 e. The molecule has 0 atom stereocenters. The van der Waals surface area contributed by atoms with Crippen molar-refractivity contribution in [1.29, 1.82) is 0 Å². The molecule has 1 aliphatic heterocycles. The van der Waals surface area contributed by atoms with Crippen molar-refractivity contribution < 1.29 is 4.79 Å². The molecule has 0 bridgehead atoms. The number of fused-ring (bicyclic) bond motifs is 2. The number of carbonyl (C=O) groups is 1. The molecule has 4 aromatic rings. The van der Waals surface area contributed by atoms with E-state index in [2.05, 4.69) is 39.5 Å². The molecule has 1 N–H and O–H groups in total. The molecule has 0 saturated carbocycles. The summed E-state index contributed by atoms with van der Waals surface area (Å²) in [4.78, 5) is 21.1. The second-order valence-corrected chi connectivity index (χ2v) is 8.93. The molecule has 0 fully saturated rings. The number of thiophene rings is 1. The number of nitrogens with zero attached hydrogens (tertiary/aromatic N) is 2. The minimum absolute atomic E-state index is 0.0790. The predicted octanol–water partition coefficient (Wildman–Crippen LogP) is 5.17. The fourth-order valence-corrected chi connectivity index (χ4v) is 5.58. The number of hydrogen-bond acceptors (Lipinski definition) is 5. The molecule has 2 aromatic carbocycles. The summed E-state index contributed by atoms with van der Waals surface area (Å²) in [6, 6.07) is 18.5. The molecular formula is C22H19N3OS2. The van der Waals surface area contributed by atoms with E-state index < -0.39 is 0 Å². The minimum Gasteiger partial charge on any atom is -0.298 e. The van der Waals surface area contributed by atoms with Gasteiger partial charge in [-0.3, -0.25) is 15.0 Å². The summed E-state index contributed by atoms with van der Waals surface area (Å²) < 4.78 is 1.13. The molecule has 1 aliphatic rings. The Morgan fingerprint density at radius 2 is 1.93 bits per heavy atom. The highest BCUT2D eigenvalue weighted by Gasteiger charge is 2.22. The standard InChI is InChI=1S/C22H19N3OS2/c26-21(17-14-27-19-9-5-4-8-16(17)19)24-22-23-18-10-11-25(13-20(18)28-22)12-15-6-2-1-3-7-15/h1-9,14H,10-13H2,(H,23,24,26). The average Bonchev–Trinajstić information content (AvgIpc) is 3.32. The molecule has 3 heterocycles. The summed E-state index contributed by atoms with van der Waals surface area (Å²) >= 11 is 3.20. The first kappa shape index (κ1) is 17.6. The SMILES string of the molecule is O=C(Nc1nc2c(s1)CN(Cc1ccccc1)CC2)c1csc2ccccc12. The van der Waals surface area contributed by atoms with Crippen LogP contribution < -0.4 is 5.32 Å². The highest BCUT2D eigenvalue weighted by Crippen LogP contribution is 2.31. The molecule has 0 radical (unpaired) electrons. The first-order valence-electron chi connectivity index (χ1n) is 9.29. The maximum atomic E-state index is 12.8. The Morgan fingerprint density at radius 1 is 1.11 bits per heavy atom. The molecule has 5 rings (SSSR count).